The van der Waals surface area contributed by atoms with Gasteiger partial charge in [0.2, 0.25) is 17.5 Å². The van der Waals surface area contributed by atoms with Gasteiger partial charge in [0, 0.05) is 54.6 Å². The number of nitriles is 1. The maximum atomic E-state index is 9.82. The fourth-order valence-corrected chi connectivity index (χ4v) is 6.39. The summed E-state index contributed by atoms with van der Waals surface area (Å²) in [7, 11) is 0. The van der Waals surface area contributed by atoms with Crippen LogP contribution in [0.4, 0.5) is 11.7 Å². The monoisotopic (exact) mass is 563 g/mol. The average Bonchev–Trinajstić information content (AvgIpc) is 3.65. The molecule has 2 aliphatic rings. The minimum absolute atomic E-state index is 0.320. The van der Waals surface area contributed by atoms with Gasteiger partial charge in [-0.3, -0.25) is 0 Å². The molecule has 0 amide bonds. The van der Waals surface area contributed by atoms with Crippen LogP contribution >= 0.6 is 11.6 Å². The molecule has 2 aromatic carbocycles. The minimum atomic E-state index is 0.320. The van der Waals surface area contributed by atoms with Crippen molar-refractivity contribution in [2.75, 3.05) is 36.0 Å². The molecular weight excluding hydrogens is 534 g/mol. The molecule has 0 bridgehead atoms. The Labute approximate surface area is 243 Å². The first kappa shape index (κ1) is 25.6. The minimum Gasteiger partial charge on any atom is -0.423 e. The summed E-state index contributed by atoms with van der Waals surface area (Å²) in [5, 5.41) is 11.5. The molecule has 206 valence electrons. The number of hydrogen-bond acceptors (Lipinski definition) is 7. The van der Waals surface area contributed by atoms with Gasteiger partial charge in [0.1, 0.15) is 18.2 Å². The second kappa shape index (κ2) is 10.9. The molecule has 0 radical (unpaired) electrons. The van der Waals surface area contributed by atoms with E-state index in [1.165, 1.54) is 19.3 Å². The molecule has 7 rings (SSSR count). The van der Waals surface area contributed by atoms with Gasteiger partial charge in [-0.25, -0.2) is 15.0 Å². The van der Waals surface area contributed by atoms with E-state index in [0.29, 0.717) is 35.6 Å². The SMILES string of the molecule is N#Cc1nc(C2CCCCC2)oc1N1CCN(c2ncnc3c2c(-c2ccccc2)cn3-c2cccc(Cl)c2)CC1. The van der Waals surface area contributed by atoms with Crippen molar-refractivity contribution in [1.29, 1.82) is 5.26 Å². The van der Waals surface area contributed by atoms with E-state index in [-0.39, 0.29) is 0 Å². The average molecular weight is 564 g/mol. The van der Waals surface area contributed by atoms with Crippen LogP contribution in [-0.4, -0.2) is 45.7 Å². The van der Waals surface area contributed by atoms with Crippen LogP contribution in [0.25, 0.3) is 27.8 Å². The summed E-state index contributed by atoms with van der Waals surface area (Å²) in [5.41, 5.74) is 4.34. The van der Waals surface area contributed by atoms with Gasteiger partial charge in [-0.2, -0.15) is 5.26 Å². The molecule has 0 N–H and O–H groups in total. The maximum absolute atomic E-state index is 9.82. The van der Waals surface area contributed by atoms with Crippen LogP contribution < -0.4 is 9.80 Å². The smallest absolute Gasteiger partial charge is 0.234 e. The number of rotatable bonds is 5. The summed E-state index contributed by atoms with van der Waals surface area (Å²) in [6.07, 6.45) is 9.59. The second-order valence-corrected chi connectivity index (χ2v) is 11.2. The van der Waals surface area contributed by atoms with E-state index in [1.54, 1.807) is 6.33 Å². The van der Waals surface area contributed by atoms with Crippen molar-refractivity contribution in [2.45, 2.75) is 38.0 Å². The molecule has 1 saturated heterocycles. The highest BCUT2D eigenvalue weighted by molar-refractivity contribution is 6.30. The van der Waals surface area contributed by atoms with E-state index in [0.717, 1.165) is 65.5 Å². The first-order valence-corrected chi connectivity index (χ1v) is 14.7. The van der Waals surface area contributed by atoms with Crippen molar-refractivity contribution in [3.63, 3.8) is 0 Å². The predicted octanol–water partition coefficient (Wildman–Crippen LogP) is 6.97. The van der Waals surface area contributed by atoms with Crippen LogP contribution in [0.3, 0.4) is 0 Å². The molecule has 9 heteroatoms. The van der Waals surface area contributed by atoms with Gasteiger partial charge < -0.3 is 18.8 Å². The van der Waals surface area contributed by atoms with Crippen molar-refractivity contribution < 1.29 is 4.42 Å². The number of aromatic nitrogens is 4. The van der Waals surface area contributed by atoms with Gasteiger partial charge in [-0.15, -0.1) is 0 Å². The zero-order valence-corrected chi connectivity index (χ0v) is 23.5. The van der Waals surface area contributed by atoms with Gasteiger partial charge in [-0.1, -0.05) is 67.3 Å². The number of anilines is 2. The van der Waals surface area contributed by atoms with Crippen LogP contribution in [0, 0.1) is 11.3 Å². The largest absolute Gasteiger partial charge is 0.423 e. The number of benzene rings is 2. The van der Waals surface area contributed by atoms with Crippen LogP contribution in [0.5, 0.6) is 0 Å². The lowest BCUT2D eigenvalue weighted by atomic mass is 9.89. The van der Waals surface area contributed by atoms with Crippen LogP contribution in [0.1, 0.15) is 49.6 Å². The molecule has 0 unspecified atom stereocenters. The fourth-order valence-electron chi connectivity index (χ4n) is 6.21. The van der Waals surface area contributed by atoms with E-state index in [1.807, 2.05) is 42.5 Å². The van der Waals surface area contributed by atoms with Crippen molar-refractivity contribution in [2.24, 2.45) is 0 Å². The molecule has 1 aliphatic carbocycles. The Morgan fingerprint density at radius 2 is 1.68 bits per heavy atom. The van der Waals surface area contributed by atoms with Crippen LogP contribution in [0.15, 0.2) is 71.5 Å². The molecule has 3 aromatic heterocycles. The summed E-state index contributed by atoms with van der Waals surface area (Å²) >= 11 is 6.36. The molecule has 4 heterocycles. The van der Waals surface area contributed by atoms with Gasteiger partial charge in [0.05, 0.1) is 5.39 Å². The Morgan fingerprint density at radius 3 is 2.44 bits per heavy atom. The number of halogens is 1. The molecule has 1 aliphatic heterocycles. The Bertz CT molecular complexity index is 1720. The summed E-state index contributed by atoms with van der Waals surface area (Å²) in [5.74, 6) is 2.55. The number of hydrogen-bond donors (Lipinski definition) is 0. The summed E-state index contributed by atoms with van der Waals surface area (Å²) in [4.78, 5) is 18.6. The lowest BCUT2D eigenvalue weighted by molar-refractivity contribution is 0.362. The Kier molecular flexibility index (Phi) is 6.81. The van der Waals surface area contributed by atoms with Crippen LogP contribution in [0.2, 0.25) is 5.02 Å². The second-order valence-electron chi connectivity index (χ2n) is 10.8. The van der Waals surface area contributed by atoms with E-state index >= 15 is 0 Å². The summed E-state index contributed by atoms with van der Waals surface area (Å²) in [6, 6.07) is 20.4. The zero-order chi connectivity index (χ0) is 27.8. The predicted molar refractivity (Wildman–Crippen MR) is 161 cm³/mol. The first-order valence-electron chi connectivity index (χ1n) is 14.3. The molecule has 8 nitrogen and oxygen atoms in total. The third-order valence-electron chi connectivity index (χ3n) is 8.29. The topological polar surface area (TPSA) is 87.0 Å². The fraction of sp³-hybridized carbons (Fsp3) is 0.312. The van der Waals surface area contributed by atoms with E-state index in [2.05, 4.69) is 43.7 Å². The quantitative estimate of drug-likeness (QED) is 0.228. The summed E-state index contributed by atoms with van der Waals surface area (Å²) in [6.45, 7) is 2.87. The number of oxazole rings is 1. The van der Waals surface area contributed by atoms with Gasteiger partial charge in [0.15, 0.2) is 5.65 Å². The van der Waals surface area contributed by atoms with E-state index in [9.17, 15) is 5.26 Å². The van der Waals surface area contributed by atoms with E-state index < -0.39 is 0 Å². The van der Waals surface area contributed by atoms with Crippen molar-refractivity contribution >= 4 is 34.3 Å². The third kappa shape index (κ3) is 4.81. The maximum Gasteiger partial charge on any atom is 0.234 e. The van der Waals surface area contributed by atoms with Gasteiger partial charge in [0.25, 0.3) is 0 Å². The zero-order valence-electron chi connectivity index (χ0n) is 22.7. The summed E-state index contributed by atoms with van der Waals surface area (Å²) < 4.78 is 8.36. The number of piperazine rings is 1. The normalized spacial score (nSPS) is 16.3. The molecule has 2 fully saturated rings. The Balaban J connectivity index is 1.22. The molecule has 5 aromatic rings. The lowest BCUT2D eigenvalue weighted by Crippen LogP contribution is -2.47. The van der Waals surface area contributed by atoms with Crippen molar-refractivity contribution in [3.8, 4) is 22.9 Å². The number of fused-ring (bicyclic) bond motifs is 1. The van der Waals surface area contributed by atoms with Gasteiger partial charge in [-0.05, 0) is 36.6 Å². The Morgan fingerprint density at radius 1 is 0.902 bits per heavy atom. The van der Waals surface area contributed by atoms with E-state index in [4.69, 9.17) is 26.0 Å². The standard InChI is InChI=1S/C32H30ClN7O/c33-24-12-7-13-25(18-24)40-20-26(22-8-3-1-4-9-22)28-29(35-21-36-30(28)40)38-14-16-39(17-15-38)32-27(19-34)37-31(41-32)23-10-5-2-6-11-23/h1,3-4,7-9,12-13,18,20-21,23H,2,5-6,10-11,14-17H2. The third-order valence-corrected chi connectivity index (χ3v) is 8.52. The van der Waals surface area contributed by atoms with Gasteiger partial charge >= 0.3 is 0 Å². The highest BCUT2D eigenvalue weighted by Crippen LogP contribution is 2.38. The highest BCUT2D eigenvalue weighted by atomic mass is 35.5. The van der Waals surface area contributed by atoms with Crippen LogP contribution in [-0.2, 0) is 0 Å². The molecular formula is C32H30ClN7O. The molecule has 0 atom stereocenters. The number of nitrogens with zero attached hydrogens (tertiary/aromatic N) is 7. The first-order chi connectivity index (χ1) is 20.2. The Hall–Kier alpha value is -4.35. The molecule has 0 spiro atoms. The van der Waals surface area contributed by atoms with Crippen molar-refractivity contribution in [1.82, 2.24) is 19.5 Å². The molecule has 41 heavy (non-hydrogen) atoms. The van der Waals surface area contributed by atoms with Crippen molar-refractivity contribution in [3.05, 3.63) is 83.7 Å². The lowest BCUT2D eigenvalue weighted by Gasteiger charge is -2.35. The molecule has 1 saturated carbocycles. The highest BCUT2D eigenvalue weighted by Gasteiger charge is 2.29.